The van der Waals surface area contributed by atoms with E-state index in [1.54, 1.807) is 42.5 Å². The van der Waals surface area contributed by atoms with Crippen LogP contribution in [0.15, 0.2) is 72.8 Å². The normalized spacial score (nSPS) is 12.3. The van der Waals surface area contributed by atoms with Crippen LogP contribution in [0.4, 0.5) is 0 Å². The molecule has 0 radical (unpaired) electrons. The molecule has 10 heteroatoms. The quantitative estimate of drug-likeness (QED) is 0.0869. The number of Topliss-reactive ketones (excluding diaryl/α,β-unsaturated/α-hetero) is 2. The monoisotopic (exact) mass is 728 g/mol. The number of ether oxygens (including phenoxy) is 8. The summed E-state index contributed by atoms with van der Waals surface area (Å²) >= 11 is 0. The van der Waals surface area contributed by atoms with E-state index >= 15 is 4.79 Å². The summed E-state index contributed by atoms with van der Waals surface area (Å²) in [6.07, 6.45) is -0.548. The van der Waals surface area contributed by atoms with Gasteiger partial charge in [-0.3, -0.25) is 9.59 Å². The van der Waals surface area contributed by atoms with Gasteiger partial charge in [0.05, 0.1) is 58.6 Å². The fraction of sp³-hybridized carbons (Fsp3) is 0.395. The van der Waals surface area contributed by atoms with Crippen molar-refractivity contribution in [2.45, 2.75) is 85.2 Å². The molecule has 0 aliphatic rings. The Labute approximate surface area is 313 Å². The summed E-state index contributed by atoms with van der Waals surface area (Å²) in [5, 5.41) is 0. The molecule has 0 fully saturated rings. The largest absolute Gasteiger partial charge is 0.493 e. The molecule has 284 valence electrons. The number of ketones is 2. The average Bonchev–Trinajstić information content (AvgIpc) is 3.12. The van der Waals surface area contributed by atoms with Crippen LogP contribution < -0.4 is 37.9 Å². The third kappa shape index (κ3) is 9.94. The summed E-state index contributed by atoms with van der Waals surface area (Å²) in [6, 6.07) is 21.6. The SMILES string of the molecule is COc1cc([C@@H](C(=O)c2cc(OC)c(OC)c(OC(C)C)c2)[C@H](C(C)=O)c2cc(OC)c(OC(C)C)cc2OCc2ccccc2)ccc1OC(C)C. The summed E-state index contributed by atoms with van der Waals surface area (Å²) in [6.45, 7) is 13.1. The highest BCUT2D eigenvalue weighted by atomic mass is 16.5. The lowest BCUT2D eigenvalue weighted by Gasteiger charge is -2.29. The number of rotatable bonds is 19. The lowest BCUT2D eigenvalue weighted by molar-refractivity contribution is -0.118. The van der Waals surface area contributed by atoms with Gasteiger partial charge in [-0.25, -0.2) is 0 Å². The maximum absolute atomic E-state index is 15.2. The molecule has 0 aromatic heterocycles. The Morgan fingerprint density at radius 1 is 0.547 bits per heavy atom. The zero-order chi connectivity index (χ0) is 38.8. The van der Waals surface area contributed by atoms with Gasteiger partial charge in [0.15, 0.2) is 40.3 Å². The molecular formula is C43H52O10. The first-order valence-corrected chi connectivity index (χ1v) is 17.7. The minimum Gasteiger partial charge on any atom is -0.493 e. The second-order valence-electron chi connectivity index (χ2n) is 13.4. The number of benzene rings is 4. The maximum atomic E-state index is 15.2. The summed E-state index contributed by atoms with van der Waals surface area (Å²) < 4.78 is 47.6. The van der Waals surface area contributed by atoms with Crippen LogP contribution in [-0.4, -0.2) is 58.3 Å². The van der Waals surface area contributed by atoms with Crippen molar-refractivity contribution in [2.75, 3.05) is 28.4 Å². The topological polar surface area (TPSA) is 108 Å². The molecule has 0 aliphatic heterocycles. The number of hydrogen-bond acceptors (Lipinski definition) is 10. The number of carbonyl (C=O) groups excluding carboxylic acids is 2. The Morgan fingerprint density at radius 2 is 1.11 bits per heavy atom. The average molecular weight is 729 g/mol. The van der Waals surface area contributed by atoms with Gasteiger partial charge in [0, 0.05) is 17.2 Å². The van der Waals surface area contributed by atoms with Crippen LogP contribution in [0.1, 0.15) is 87.4 Å². The third-order valence-corrected chi connectivity index (χ3v) is 8.29. The van der Waals surface area contributed by atoms with Crippen LogP contribution in [-0.2, 0) is 11.4 Å². The van der Waals surface area contributed by atoms with Crippen LogP contribution in [0.25, 0.3) is 0 Å². The lowest BCUT2D eigenvalue weighted by atomic mass is 9.74. The van der Waals surface area contributed by atoms with E-state index in [0.717, 1.165) is 5.56 Å². The third-order valence-electron chi connectivity index (χ3n) is 8.29. The number of hydrogen-bond donors (Lipinski definition) is 0. The molecule has 2 atom stereocenters. The molecule has 0 saturated heterocycles. The zero-order valence-electron chi connectivity index (χ0n) is 32.6. The van der Waals surface area contributed by atoms with Crippen LogP contribution in [0.2, 0.25) is 0 Å². The molecular weight excluding hydrogens is 676 g/mol. The molecule has 4 aromatic rings. The fourth-order valence-corrected chi connectivity index (χ4v) is 6.12. The summed E-state index contributed by atoms with van der Waals surface area (Å²) in [7, 11) is 6.05. The highest BCUT2D eigenvalue weighted by Crippen LogP contribution is 2.48. The molecule has 0 saturated carbocycles. The van der Waals surface area contributed by atoms with E-state index in [0.29, 0.717) is 57.1 Å². The van der Waals surface area contributed by atoms with E-state index in [9.17, 15) is 4.79 Å². The van der Waals surface area contributed by atoms with E-state index in [2.05, 4.69) is 0 Å². The van der Waals surface area contributed by atoms with Gasteiger partial charge in [0.2, 0.25) is 5.75 Å². The minimum atomic E-state index is -1.10. The lowest BCUT2D eigenvalue weighted by Crippen LogP contribution is -2.27. The first-order chi connectivity index (χ1) is 25.3. The van der Waals surface area contributed by atoms with Crippen molar-refractivity contribution < 1.29 is 47.5 Å². The molecule has 4 rings (SSSR count). The van der Waals surface area contributed by atoms with Gasteiger partial charge in [-0.2, -0.15) is 0 Å². The number of methoxy groups -OCH3 is 4. The van der Waals surface area contributed by atoms with Gasteiger partial charge in [-0.15, -0.1) is 0 Å². The van der Waals surface area contributed by atoms with Crippen molar-refractivity contribution in [1.82, 2.24) is 0 Å². The van der Waals surface area contributed by atoms with Gasteiger partial charge >= 0.3 is 0 Å². The van der Waals surface area contributed by atoms with Gasteiger partial charge in [-0.1, -0.05) is 36.4 Å². The highest BCUT2D eigenvalue weighted by molar-refractivity contribution is 6.06. The van der Waals surface area contributed by atoms with Crippen molar-refractivity contribution in [2.24, 2.45) is 0 Å². The van der Waals surface area contributed by atoms with Crippen molar-refractivity contribution in [3.8, 4) is 46.0 Å². The molecule has 0 aliphatic carbocycles. The van der Waals surface area contributed by atoms with Crippen LogP contribution in [0.3, 0.4) is 0 Å². The number of carbonyl (C=O) groups is 2. The van der Waals surface area contributed by atoms with E-state index in [4.69, 9.17) is 37.9 Å². The fourth-order valence-electron chi connectivity index (χ4n) is 6.12. The van der Waals surface area contributed by atoms with E-state index in [1.165, 1.54) is 35.4 Å². The van der Waals surface area contributed by atoms with Crippen LogP contribution in [0.5, 0.6) is 46.0 Å². The van der Waals surface area contributed by atoms with Crippen molar-refractivity contribution in [3.63, 3.8) is 0 Å². The predicted octanol–water partition coefficient (Wildman–Crippen LogP) is 9.00. The van der Waals surface area contributed by atoms with Gasteiger partial charge in [0.25, 0.3) is 0 Å². The van der Waals surface area contributed by atoms with Gasteiger partial charge in [0.1, 0.15) is 18.1 Å². The first-order valence-electron chi connectivity index (χ1n) is 17.7. The Bertz CT molecular complexity index is 1850. The Morgan fingerprint density at radius 3 is 1.68 bits per heavy atom. The second kappa shape index (κ2) is 18.4. The van der Waals surface area contributed by atoms with Crippen LogP contribution >= 0.6 is 0 Å². The molecule has 0 unspecified atom stereocenters. The van der Waals surface area contributed by atoms with E-state index < -0.39 is 11.8 Å². The summed E-state index contributed by atoms with van der Waals surface area (Å²) in [5.41, 5.74) is 2.12. The van der Waals surface area contributed by atoms with Gasteiger partial charge in [-0.05, 0) is 89.9 Å². The van der Waals surface area contributed by atoms with E-state index in [-0.39, 0.29) is 42.0 Å². The molecule has 4 aromatic carbocycles. The van der Waals surface area contributed by atoms with Crippen molar-refractivity contribution >= 4 is 11.6 Å². The van der Waals surface area contributed by atoms with Crippen molar-refractivity contribution in [3.05, 3.63) is 95.1 Å². The minimum absolute atomic E-state index is 0.133. The molecule has 0 bridgehead atoms. The smallest absolute Gasteiger partial charge is 0.203 e. The van der Waals surface area contributed by atoms with Crippen LogP contribution in [0, 0.1) is 0 Å². The first kappa shape index (κ1) is 40.4. The standard InChI is InChI=1S/C43H52O10/c1-25(2)51-33-18-17-30(19-35(33)46-8)41(42(45)31-20-38(48-10)43(49-11)39(21-31)53-27(5)6)40(28(7)44)32-22-36(47-9)37(52-26(3)4)23-34(32)50-24-29-15-13-12-14-16-29/h12-23,25-27,40-41H,24H2,1-11H3/t40-,41-/m1/s1. The van der Waals surface area contributed by atoms with Gasteiger partial charge < -0.3 is 37.9 Å². The molecule has 53 heavy (non-hydrogen) atoms. The maximum Gasteiger partial charge on any atom is 0.203 e. The van der Waals surface area contributed by atoms with E-state index in [1.807, 2.05) is 71.9 Å². The Kier molecular flexibility index (Phi) is 14.0. The second-order valence-corrected chi connectivity index (χ2v) is 13.4. The molecule has 10 nitrogen and oxygen atoms in total. The molecule has 0 spiro atoms. The molecule has 0 heterocycles. The summed E-state index contributed by atoms with van der Waals surface area (Å²) in [5.74, 6) is 0.233. The van der Waals surface area contributed by atoms with Crippen molar-refractivity contribution in [1.29, 1.82) is 0 Å². The Balaban J connectivity index is 2.03. The molecule has 0 amide bonds. The summed E-state index contributed by atoms with van der Waals surface area (Å²) in [4.78, 5) is 29.4. The zero-order valence-corrected chi connectivity index (χ0v) is 32.6. The highest BCUT2D eigenvalue weighted by Gasteiger charge is 2.39. The predicted molar refractivity (Wildman–Crippen MR) is 204 cm³/mol. The molecule has 0 N–H and O–H groups in total. The Hall–Kier alpha value is -5.38.